The molecule has 0 atom stereocenters. The van der Waals surface area contributed by atoms with Crippen molar-refractivity contribution in [3.05, 3.63) is 35.5 Å². The zero-order chi connectivity index (χ0) is 11.9. The van der Waals surface area contributed by atoms with Gasteiger partial charge in [-0.15, -0.1) is 0 Å². The second-order valence-electron chi connectivity index (χ2n) is 4.73. The van der Waals surface area contributed by atoms with E-state index in [-0.39, 0.29) is 5.41 Å². The first-order chi connectivity index (χ1) is 6.97. The highest BCUT2D eigenvalue weighted by Gasteiger charge is 2.18. The van der Waals surface area contributed by atoms with Gasteiger partial charge in [-0.2, -0.15) is 0 Å². The van der Waals surface area contributed by atoms with Crippen LogP contribution in [0.1, 0.15) is 54.4 Å². The van der Waals surface area contributed by atoms with Gasteiger partial charge in [-0.1, -0.05) is 57.6 Å². The van der Waals surface area contributed by atoms with Crippen LogP contribution >= 0.6 is 0 Å². The highest BCUT2D eigenvalue weighted by atomic mass is 14.2. The topological polar surface area (TPSA) is 0 Å². The lowest BCUT2D eigenvalue weighted by molar-refractivity contribution is 0.439. The minimum absolute atomic E-state index is 0.274. The van der Waals surface area contributed by atoms with E-state index >= 15 is 0 Å². The van der Waals surface area contributed by atoms with Crippen LogP contribution in [0.5, 0.6) is 0 Å². The van der Waals surface area contributed by atoms with Crippen molar-refractivity contribution < 1.29 is 0 Å². The second kappa shape index (κ2) is 6.66. The molecule has 0 nitrogen and oxygen atoms in total. The molecule has 0 N–H and O–H groups in total. The fraction of sp³-hybridized carbons (Fsp3) is 0.600. The summed E-state index contributed by atoms with van der Waals surface area (Å²) in [5.41, 5.74) is 3.16. The zero-order valence-corrected chi connectivity index (χ0v) is 11.2. The van der Waals surface area contributed by atoms with Gasteiger partial charge >= 0.3 is 0 Å². The van der Waals surface area contributed by atoms with Crippen molar-refractivity contribution in [3.63, 3.8) is 0 Å². The summed E-state index contributed by atoms with van der Waals surface area (Å²) >= 11 is 0. The van der Waals surface area contributed by atoms with Gasteiger partial charge < -0.3 is 0 Å². The van der Waals surface area contributed by atoms with E-state index in [0.717, 1.165) is 6.42 Å². The molecule has 0 saturated heterocycles. The number of hydrogen-bond acceptors (Lipinski definition) is 0. The molecule has 0 amide bonds. The van der Waals surface area contributed by atoms with Crippen molar-refractivity contribution in [2.45, 2.75) is 54.4 Å². The molecule has 86 valence electrons. The molecule has 0 fully saturated rings. The molecule has 0 aromatic carbocycles. The Hall–Kier alpha value is -0.780. The van der Waals surface area contributed by atoms with Crippen LogP contribution in [0.4, 0.5) is 0 Å². The third-order valence-electron chi connectivity index (χ3n) is 3.09. The molecule has 0 bridgehead atoms. The van der Waals surface area contributed by atoms with E-state index in [1.54, 1.807) is 0 Å². The fourth-order valence-corrected chi connectivity index (χ4v) is 1.24. The molecule has 0 heterocycles. The highest BCUT2D eigenvalue weighted by molar-refractivity contribution is 5.31. The Labute approximate surface area is 95.8 Å². The minimum Gasteiger partial charge on any atom is -0.0877 e. The molecular formula is C15H26. The Bertz CT molecular complexity index is 262. The number of hydrogen-bond donors (Lipinski definition) is 0. The highest BCUT2D eigenvalue weighted by Crippen LogP contribution is 2.31. The average molecular weight is 206 g/mol. The van der Waals surface area contributed by atoms with Gasteiger partial charge in [0.05, 0.1) is 0 Å². The summed E-state index contributed by atoms with van der Waals surface area (Å²) in [5, 5.41) is 0. The Kier molecular flexibility index (Phi) is 6.31. The molecule has 0 rings (SSSR count). The first-order valence-electron chi connectivity index (χ1n) is 5.98. The molecule has 0 aliphatic rings. The van der Waals surface area contributed by atoms with Crippen LogP contribution in [-0.2, 0) is 0 Å². The Morgan fingerprint density at radius 3 is 2.20 bits per heavy atom. The number of rotatable bonds is 5. The monoisotopic (exact) mass is 206 g/mol. The summed E-state index contributed by atoms with van der Waals surface area (Å²) in [6.45, 7) is 13.3. The van der Waals surface area contributed by atoms with Crippen molar-refractivity contribution in [1.29, 1.82) is 0 Å². The van der Waals surface area contributed by atoms with Gasteiger partial charge in [0.15, 0.2) is 0 Å². The third-order valence-corrected chi connectivity index (χ3v) is 3.09. The molecule has 0 heteroatoms. The lowest BCUT2D eigenvalue weighted by Crippen LogP contribution is -2.12. The van der Waals surface area contributed by atoms with Crippen LogP contribution in [-0.4, -0.2) is 0 Å². The fourth-order valence-electron chi connectivity index (χ4n) is 1.24. The van der Waals surface area contributed by atoms with Gasteiger partial charge in [0.1, 0.15) is 0 Å². The van der Waals surface area contributed by atoms with Crippen molar-refractivity contribution in [3.8, 4) is 0 Å². The van der Waals surface area contributed by atoms with E-state index in [4.69, 9.17) is 0 Å². The van der Waals surface area contributed by atoms with Gasteiger partial charge in [0, 0.05) is 0 Å². The molecule has 0 aromatic rings. The normalized spacial score (nSPS) is 15.1. The average Bonchev–Trinajstić information content (AvgIpc) is 2.23. The molecule has 0 unspecified atom stereocenters. The molecule has 0 aromatic heterocycles. The zero-order valence-electron chi connectivity index (χ0n) is 11.2. The summed E-state index contributed by atoms with van der Waals surface area (Å²) in [5.74, 6) is 0. The predicted molar refractivity (Wildman–Crippen MR) is 71.0 cm³/mol. The Balaban J connectivity index is 5.07. The summed E-state index contributed by atoms with van der Waals surface area (Å²) in [7, 11) is 0. The SMILES string of the molecule is CC=CC=C(C=C(C)CC)C(C)(C)CC. The summed E-state index contributed by atoms with van der Waals surface area (Å²) in [6, 6.07) is 0. The van der Waals surface area contributed by atoms with Crippen molar-refractivity contribution >= 4 is 0 Å². The molecule has 0 spiro atoms. The van der Waals surface area contributed by atoms with Crippen LogP contribution in [0.3, 0.4) is 0 Å². The van der Waals surface area contributed by atoms with Crippen LogP contribution in [0, 0.1) is 5.41 Å². The molecule has 0 aliphatic carbocycles. The second-order valence-corrected chi connectivity index (χ2v) is 4.73. The standard InChI is InChI=1S/C15H26/c1-7-10-11-14(12-13(4)8-2)15(5,6)9-3/h7,10-12H,8-9H2,1-6H3. The van der Waals surface area contributed by atoms with E-state index in [2.05, 4.69) is 65.8 Å². The molecule has 0 saturated carbocycles. The van der Waals surface area contributed by atoms with Gasteiger partial charge in [-0.3, -0.25) is 0 Å². The smallest absolute Gasteiger partial charge is 0.0106 e. The van der Waals surface area contributed by atoms with E-state index in [9.17, 15) is 0 Å². The van der Waals surface area contributed by atoms with E-state index in [0.29, 0.717) is 0 Å². The van der Waals surface area contributed by atoms with E-state index < -0.39 is 0 Å². The first-order valence-corrected chi connectivity index (χ1v) is 5.98. The predicted octanol–water partition coefficient (Wildman–Crippen LogP) is 5.28. The summed E-state index contributed by atoms with van der Waals surface area (Å²) in [6.07, 6.45) is 11.1. The van der Waals surface area contributed by atoms with E-state index in [1.807, 2.05) is 0 Å². The number of allylic oxidation sites excluding steroid dienone is 6. The lowest BCUT2D eigenvalue weighted by Gasteiger charge is -2.25. The van der Waals surface area contributed by atoms with Gasteiger partial charge in [0.25, 0.3) is 0 Å². The van der Waals surface area contributed by atoms with Gasteiger partial charge in [-0.05, 0) is 37.7 Å². The van der Waals surface area contributed by atoms with E-state index in [1.165, 1.54) is 17.6 Å². The van der Waals surface area contributed by atoms with Crippen LogP contribution in [0.2, 0.25) is 0 Å². The maximum absolute atomic E-state index is 2.34. The lowest BCUT2D eigenvalue weighted by atomic mass is 9.80. The first kappa shape index (κ1) is 14.2. The van der Waals surface area contributed by atoms with Crippen LogP contribution in [0.25, 0.3) is 0 Å². The van der Waals surface area contributed by atoms with Crippen molar-refractivity contribution in [2.75, 3.05) is 0 Å². The third kappa shape index (κ3) is 5.01. The molecule has 15 heavy (non-hydrogen) atoms. The Morgan fingerprint density at radius 2 is 1.80 bits per heavy atom. The largest absolute Gasteiger partial charge is 0.0877 e. The maximum Gasteiger partial charge on any atom is -0.0106 e. The van der Waals surface area contributed by atoms with Crippen molar-refractivity contribution in [1.82, 2.24) is 0 Å². The molecule has 0 aliphatic heterocycles. The summed E-state index contributed by atoms with van der Waals surface area (Å²) in [4.78, 5) is 0. The maximum atomic E-state index is 2.34. The molecule has 0 radical (unpaired) electrons. The minimum atomic E-state index is 0.274. The van der Waals surface area contributed by atoms with Gasteiger partial charge in [0.2, 0.25) is 0 Å². The van der Waals surface area contributed by atoms with Crippen LogP contribution in [0.15, 0.2) is 35.5 Å². The molecular weight excluding hydrogens is 180 g/mol. The van der Waals surface area contributed by atoms with Crippen LogP contribution < -0.4 is 0 Å². The Morgan fingerprint density at radius 1 is 1.20 bits per heavy atom. The van der Waals surface area contributed by atoms with Gasteiger partial charge in [-0.25, -0.2) is 0 Å². The summed E-state index contributed by atoms with van der Waals surface area (Å²) < 4.78 is 0. The quantitative estimate of drug-likeness (QED) is 0.537. The van der Waals surface area contributed by atoms with Crippen molar-refractivity contribution in [2.24, 2.45) is 5.41 Å².